The molecule has 0 saturated carbocycles. The number of aromatic nitrogens is 5. The van der Waals surface area contributed by atoms with Crippen LogP contribution in [0.3, 0.4) is 0 Å². The van der Waals surface area contributed by atoms with Crippen molar-refractivity contribution in [2.24, 2.45) is 0 Å². The van der Waals surface area contributed by atoms with Crippen LogP contribution in [0.4, 0.5) is 0 Å². The average molecular weight is 346 g/mol. The molecule has 2 N–H and O–H groups in total. The van der Waals surface area contributed by atoms with Crippen molar-refractivity contribution >= 4 is 16.8 Å². The molecule has 0 saturated heterocycles. The highest BCUT2D eigenvalue weighted by atomic mass is 16.1. The van der Waals surface area contributed by atoms with Gasteiger partial charge in [0, 0.05) is 17.0 Å². The van der Waals surface area contributed by atoms with Gasteiger partial charge in [0.2, 0.25) is 0 Å². The topological polar surface area (TPSA) is 88.5 Å². The van der Waals surface area contributed by atoms with Gasteiger partial charge in [0.05, 0.1) is 17.4 Å². The molecule has 2 aromatic carbocycles. The van der Waals surface area contributed by atoms with Crippen molar-refractivity contribution in [3.05, 3.63) is 60.3 Å². The van der Waals surface area contributed by atoms with Gasteiger partial charge in [-0.05, 0) is 38.1 Å². The number of rotatable bonds is 4. The summed E-state index contributed by atoms with van der Waals surface area (Å²) in [4.78, 5) is 12.2. The number of carbonyl (C=O) groups excluding carboxylic acids is 1. The van der Waals surface area contributed by atoms with Gasteiger partial charge in [-0.2, -0.15) is 5.10 Å². The summed E-state index contributed by atoms with van der Waals surface area (Å²) in [6.45, 7) is 3.86. The van der Waals surface area contributed by atoms with Crippen molar-refractivity contribution in [1.82, 2.24) is 30.5 Å². The Morgan fingerprint density at radius 2 is 2.00 bits per heavy atom. The van der Waals surface area contributed by atoms with E-state index in [4.69, 9.17) is 0 Å². The summed E-state index contributed by atoms with van der Waals surface area (Å²) in [6.07, 6.45) is 1.81. The summed E-state index contributed by atoms with van der Waals surface area (Å²) >= 11 is 0. The Hall–Kier alpha value is -3.48. The number of para-hydroxylation sites is 1. The average Bonchev–Trinajstić information content (AvgIpc) is 3.28. The van der Waals surface area contributed by atoms with Gasteiger partial charge < -0.3 is 5.32 Å². The number of aromatic amines is 1. The monoisotopic (exact) mass is 346 g/mol. The number of nitrogens with zero attached hydrogens (tertiary/aromatic N) is 4. The summed E-state index contributed by atoms with van der Waals surface area (Å²) in [7, 11) is 0. The van der Waals surface area contributed by atoms with Crippen LogP contribution in [0.15, 0.2) is 54.7 Å². The van der Waals surface area contributed by atoms with Crippen LogP contribution in [-0.2, 0) is 0 Å². The van der Waals surface area contributed by atoms with Crippen molar-refractivity contribution in [3.8, 4) is 17.1 Å². The van der Waals surface area contributed by atoms with Gasteiger partial charge in [0.15, 0.2) is 0 Å². The van der Waals surface area contributed by atoms with E-state index in [0.717, 1.165) is 22.3 Å². The molecule has 2 aromatic heterocycles. The molecule has 26 heavy (non-hydrogen) atoms. The highest BCUT2D eigenvalue weighted by Crippen LogP contribution is 2.24. The number of carbonyl (C=O) groups is 1. The van der Waals surface area contributed by atoms with Gasteiger partial charge in [0.25, 0.3) is 5.91 Å². The van der Waals surface area contributed by atoms with Gasteiger partial charge in [0.1, 0.15) is 11.4 Å². The van der Waals surface area contributed by atoms with E-state index in [-0.39, 0.29) is 11.9 Å². The molecule has 2 heterocycles. The predicted octanol–water partition coefficient (Wildman–Crippen LogP) is 2.95. The first kappa shape index (κ1) is 16.0. The lowest BCUT2D eigenvalue weighted by atomic mass is 10.1. The van der Waals surface area contributed by atoms with Crippen LogP contribution in [-0.4, -0.2) is 37.1 Å². The second kappa shape index (κ2) is 6.44. The lowest BCUT2D eigenvalue weighted by molar-refractivity contribution is 0.0943. The van der Waals surface area contributed by atoms with Crippen LogP contribution in [0.2, 0.25) is 0 Å². The summed E-state index contributed by atoms with van der Waals surface area (Å²) in [5.41, 5.74) is 3.71. The maximum absolute atomic E-state index is 12.2. The Morgan fingerprint density at radius 1 is 1.15 bits per heavy atom. The van der Waals surface area contributed by atoms with E-state index in [1.807, 2.05) is 56.4 Å². The lowest BCUT2D eigenvalue weighted by Gasteiger charge is -2.09. The SMILES string of the molecule is CC(C)NC(=O)c1cccc(-n2cc(-c3n[nH]c4ccccc34)nn2)c1. The summed E-state index contributed by atoms with van der Waals surface area (Å²) in [5.74, 6) is -0.111. The van der Waals surface area contributed by atoms with E-state index >= 15 is 0 Å². The Bertz CT molecular complexity index is 1080. The maximum Gasteiger partial charge on any atom is 0.251 e. The minimum Gasteiger partial charge on any atom is -0.350 e. The first-order valence-electron chi connectivity index (χ1n) is 8.39. The summed E-state index contributed by atoms with van der Waals surface area (Å²) in [5, 5.41) is 19.7. The summed E-state index contributed by atoms with van der Waals surface area (Å²) in [6, 6.07) is 15.2. The van der Waals surface area contributed by atoms with Crippen molar-refractivity contribution in [1.29, 1.82) is 0 Å². The predicted molar refractivity (Wildman–Crippen MR) is 99.0 cm³/mol. The Kier molecular flexibility index (Phi) is 3.96. The zero-order chi connectivity index (χ0) is 18.1. The molecular formula is C19H18N6O. The fourth-order valence-corrected chi connectivity index (χ4v) is 2.79. The Morgan fingerprint density at radius 3 is 2.85 bits per heavy atom. The van der Waals surface area contributed by atoms with Crippen molar-refractivity contribution in [3.63, 3.8) is 0 Å². The molecular weight excluding hydrogens is 328 g/mol. The fraction of sp³-hybridized carbons (Fsp3) is 0.158. The number of nitrogens with one attached hydrogen (secondary N) is 2. The molecule has 0 fully saturated rings. The van der Waals surface area contributed by atoms with Gasteiger partial charge in [-0.25, -0.2) is 4.68 Å². The smallest absolute Gasteiger partial charge is 0.251 e. The molecule has 7 nitrogen and oxygen atoms in total. The Labute approximate surface area is 150 Å². The number of H-pyrrole nitrogens is 1. The van der Waals surface area contributed by atoms with Crippen molar-refractivity contribution in [2.45, 2.75) is 19.9 Å². The van der Waals surface area contributed by atoms with Crippen LogP contribution in [0, 0.1) is 0 Å². The Balaban J connectivity index is 1.67. The molecule has 0 aliphatic rings. The van der Waals surface area contributed by atoms with Gasteiger partial charge in [-0.1, -0.05) is 29.5 Å². The molecule has 0 atom stereocenters. The minimum atomic E-state index is -0.111. The standard InChI is InChI=1S/C19H18N6O/c1-12(2)20-19(26)13-6-5-7-14(10-13)25-11-17(22-24-25)18-15-8-3-4-9-16(15)21-23-18/h3-12H,1-2H3,(H,20,26)(H,21,23). The molecule has 7 heteroatoms. The van der Waals surface area contributed by atoms with E-state index in [0.29, 0.717) is 11.3 Å². The van der Waals surface area contributed by atoms with Gasteiger partial charge in [-0.15, -0.1) is 5.10 Å². The van der Waals surface area contributed by atoms with Crippen LogP contribution < -0.4 is 5.32 Å². The molecule has 0 aliphatic carbocycles. The highest BCUT2D eigenvalue weighted by molar-refractivity contribution is 5.95. The van der Waals surface area contributed by atoms with Crippen molar-refractivity contribution in [2.75, 3.05) is 0 Å². The van der Waals surface area contributed by atoms with Crippen LogP contribution in [0.1, 0.15) is 24.2 Å². The van der Waals surface area contributed by atoms with Crippen LogP contribution >= 0.6 is 0 Å². The van der Waals surface area contributed by atoms with E-state index in [2.05, 4.69) is 25.8 Å². The number of fused-ring (bicyclic) bond motifs is 1. The molecule has 0 aliphatic heterocycles. The van der Waals surface area contributed by atoms with Crippen molar-refractivity contribution < 1.29 is 4.79 Å². The van der Waals surface area contributed by atoms with E-state index < -0.39 is 0 Å². The molecule has 0 bridgehead atoms. The fourth-order valence-electron chi connectivity index (χ4n) is 2.79. The zero-order valence-corrected chi connectivity index (χ0v) is 14.5. The number of benzene rings is 2. The molecule has 4 rings (SSSR count). The second-order valence-electron chi connectivity index (χ2n) is 6.34. The molecule has 1 amide bonds. The minimum absolute atomic E-state index is 0.0806. The number of hydrogen-bond acceptors (Lipinski definition) is 4. The number of hydrogen-bond donors (Lipinski definition) is 2. The lowest BCUT2D eigenvalue weighted by Crippen LogP contribution is -2.30. The van der Waals surface area contributed by atoms with E-state index in [1.165, 1.54) is 0 Å². The summed E-state index contributed by atoms with van der Waals surface area (Å²) < 4.78 is 1.64. The molecule has 4 aromatic rings. The van der Waals surface area contributed by atoms with E-state index in [1.54, 1.807) is 16.8 Å². The van der Waals surface area contributed by atoms with Gasteiger partial charge >= 0.3 is 0 Å². The third kappa shape index (κ3) is 2.95. The van der Waals surface area contributed by atoms with Gasteiger partial charge in [-0.3, -0.25) is 9.89 Å². The molecule has 130 valence electrons. The molecule has 0 radical (unpaired) electrons. The largest absolute Gasteiger partial charge is 0.350 e. The third-order valence-corrected chi connectivity index (χ3v) is 4.00. The normalized spacial score (nSPS) is 11.2. The quantitative estimate of drug-likeness (QED) is 0.595. The number of amides is 1. The highest BCUT2D eigenvalue weighted by Gasteiger charge is 2.13. The molecule has 0 spiro atoms. The van der Waals surface area contributed by atoms with E-state index in [9.17, 15) is 4.79 Å². The third-order valence-electron chi connectivity index (χ3n) is 4.00. The maximum atomic E-state index is 12.2. The van der Waals surface area contributed by atoms with Crippen LogP contribution in [0.5, 0.6) is 0 Å². The molecule has 0 unspecified atom stereocenters. The first-order chi connectivity index (χ1) is 12.6. The first-order valence-corrected chi connectivity index (χ1v) is 8.39. The zero-order valence-electron chi connectivity index (χ0n) is 14.5. The van der Waals surface area contributed by atoms with Crippen LogP contribution in [0.25, 0.3) is 28.0 Å². The second-order valence-corrected chi connectivity index (χ2v) is 6.34.